The van der Waals surface area contributed by atoms with E-state index in [-0.39, 0.29) is 5.41 Å². The summed E-state index contributed by atoms with van der Waals surface area (Å²) in [5.74, 6) is 2.53. The average molecular weight is 629 g/mol. The van der Waals surface area contributed by atoms with Gasteiger partial charge in [-0.2, -0.15) is 0 Å². The van der Waals surface area contributed by atoms with Crippen molar-refractivity contribution in [2.45, 2.75) is 56.0 Å². The quantitative estimate of drug-likeness (QED) is 0.197. The molecular formula is C45H44N2O. The molecule has 3 fully saturated rings. The predicted molar refractivity (Wildman–Crippen MR) is 199 cm³/mol. The summed E-state index contributed by atoms with van der Waals surface area (Å²) in [4.78, 5) is 4.76. The van der Waals surface area contributed by atoms with Gasteiger partial charge in [0.2, 0.25) is 0 Å². The summed E-state index contributed by atoms with van der Waals surface area (Å²) in [6, 6.07) is 36.6. The second-order valence-corrected chi connectivity index (χ2v) is 15.3. The maximum atomic E-state index is 7.71. The zero-order valence-electron chi connectivity index (χ0n) is 28.2. The second-order valence-electron chi connectivity index (χ2n) is 15.3. The molecule has 2 bridgehead atoms. The van der Waals surface area contributed by atoms with Crippen LogP contribution in [-0.4, -0.2) is 27.2 Å². The third kappa shape index (κ3) is 3.88. The summed E-state index contributed by atoms with van der Waals surface area (Å²) in [5.41, 5.74) is 11.4. The fourth-order valence-corrected chi connectivity index (χ4v) is 10.6. The number of fused-ring (bicyclic) bond motifs is 13. The molecule has 0 N–H and O–H groups in total. The van der Waals surface area contributed by atoms with Crippen molar-refractivity contribution in [2.24, 2.45) is 11.8 Å². The number of ether oxygens (including phenoxy) is 1. The highest BCUT2D eigenvalue weighted by Crippen LogP contribution is 2.68. The number of hydrogen-bond acceptors (Lipinski definition) is 3. The van der Waals surface area contributed by atoms with Crippen molar-refractivity contribution in [3.05, 3.63) is 131 Å². The van der Waals surface area contributed by atoms with E-state index < -0.39 is 5.60 Å². The van der Waals surface area contributed by atoms with Crippen LogP contribution < -0.4 is 14.5 Å². The van der Waals surface area contributed by atoms with Crippen molar-refractivity contribution in [3.63, 3.8) is 0 Å². The number of piperidine rings is 1. The molecule has 1 spiro atoms. The SMILES string of the molecule is CN(C)c1ccc2c3c(c4c(c2c1)OC(c1ccccc1)(c1ccc(N2CCCCC2)cc1)C=C4)C1(CC2CCC1C2)c1ccccc1-3. The van der Waals surface area contributed by atoms with Gasteiger partial charge in [-0.1, -0.05) is 85.3 Å². The molecule has 5 aromatic rings. The Morgan fingerprint density at radius 3 is 2.29 bits per heavy atom. The van der Waals surface area contributed by atoms with Gasteiger partial charge in [-0.25, -0.2) is 0 Å². The Bertz CT molecular complexity index is 2090. The first kappa shape index (κ1) is 28.5. The summed E-state index contributed by atoms with van der Waals surface area (Å²) in [7, 11) is 4.28. The topological polar surface area (TPSA) is 15.7 Å². The normalized spacial score (nSPS) is 26.4. The lowest BCUT2D eigenvalue weighted by molar-refractivity contribution is 0.163. The van der Waals surface area contributed by atoms with Crippen molar-refractivity contribution >= 4 is 28.2 Å². The van der Waals surface area contributed by atoms with E-state index in [1.165, 1.54) is 94.9 Å². The lowest BCUT2D eigenvalue weighted by Gasteiger charge is -2.41. The van der Waals surface area contributed by atoms with Crippen LogP contribution in [-0.2, 0) is 11.0 Å². The van der Waals surface area contributed by atoms with E-state index in [1.54, 1.807) is 5.56 Å². The molecular weight excluding hydrogens is 585 g/mol. The van der Waals surface area contributed by atoms with E-state index in [0.29, 0.717) is 5.92 Å². The number of anilines is 2. The van der Waals surface area contributed by atoms with E-state index in [1.807, 2.05) is 0 Å². The molecule has 0 amide bonds. The highest BCUT2D eigenvalue weighted by Gasteiger charge is 2.58. The fourth-order valence-electron chi connectivity index (χ4n) is 10.6. The van der Waals surface area contributed by atoms with Crippen LogP contribution in [0.4, 0.5) is 11.4 Å². The molecule has 48 heavy (non-hydrogen) atoms. The lowest BCUT2D eigenvalue weighted by Crippen LogP contribution is -2.36. The maximum absolute atomic E-state index is 7.71. The first-order valence-electron chi connectivity index (χ1n) is 18.3. The minimum atomic E-state index is -0.739. The Hall–Kier alpha value is -4.50. The van der Waals surface area contributed by atoms with Gasteiger partial charge in [0, 0.05) is 66.1 Å². The number of benzene rings is 5. The van der Waals surface area contributed by atoms with Crippen molar-refractivity contribution in [2.75, 3.05) is 37.0 Å². The lowest BCUT2D eigenvalue weighted by atomic mass is 9.65. The number of hydrogen-bond donors (Lipinski definition) is 0. The van der Waals surface area contributed by atoms with E-state index in [9.17, 15) is 0 Å². The first-order chi connectivity index (χ1) is 23.6. The molecule has 0 aromatic heterocycles. The van der Waals surface area contributed by atoms with Crippen LogP contribution in [0, 0.1) is 11.8 Å². The molecule has 5 aromatic carbocycles. The van der Waals surface area contributed by atoms with Crippen LogP contribution in [0.15, 0.2) is 103 Å². The Morgan fingerprint density at radius 1 is 0.771 bits per heavy atom. The van der Waals surface area contributed by atoms with Gasteiger partial charge in [0.15, 0.2) is 5.60 Å². The molecule has 0 radical (unpaired) electrons. The van der Waals surface area contributed by atoms with Gasteiger partial charge in [-0.3, -0.25) is 0 Å². The monoisotopic (exact) mass is 628 g/mol. The van der Waals surface area contributed by atoms with Crippen LogP contribution in [0.25, 0.3) is 28.0 Å². The number of rotatable bonds is 4. The fraction of sp³-hybridized carbons (Fsp3) is 0.333. The summed E-state index contributed by atoms with van der Waals surface area (Å²) >= 11 is 0. The predicted octanol–water partition coefficient (Wildman–Crippen LogP) is 10.3. The van der Waals surface area contributed by atoms with Gasteiger partial charge in [0.25, 0.3) is 0 Å². The number of nitrogens with zero attached hydrogens (tertiary/aromatic N) is 2. The van der Waals surface area contributed by atoms with Gasteiger partial charge in [-0.15, -0.1) is 0 Å². The molecule has 4 unspecified atom stereocenters. The van der Waals surface area contributed by atoms with Crippen molar-refractivity contribution < 1.29 is 4.74 Å². The van der Waals surface area contributed by atoms with E-state index in [0.717, 1.165) is 30.3 Å². The van der Waals surface area contributed by atoms with Crippen LogP contribution in [0.5, 0.6) is 5.75 Å². The zero-order chi connectivity index (χ0) is 32.0. The third-order valence-electron chi connectivity index (χ3n) is 12.7. The Balaban J connectivity index is 1.23. The molecule has 2 heterocycles. The van der Waals surface area contributed by atoms with E-state index >= 15 is 0 Å². The minimum absolute atomic E-state index is 0.0594. The maximum Gasteiger partial charge on any atom is 0.178 e. The molecule has 1 saturated heterocycles. The molecule has 3 aliphatic carbocycles. The van der Waals surface area contributed by atoms with Gasteiger partial charge in [0.1, 0.15) is 5.75 Å². The Morgan fingerprint density at radius 2 is 1.54 bits per heavy atom. The molecule has 3 nitrogen and oxygen atoms in total. The highest BCUT2D eigenvalue weighted by molar-refractivity contribution is 6.09. The van der Waals surface area contributed by atoms with Gasteiger partial charge >= 0.3 is 0 Å². The molecule has 5 aliphatic rings. The Labute approximate surface area is 284 Å². The summed E-state index contributed by atoms with van der Waals surface area (Å²) in [5, 5.41) is 2.53. The third-order valence-corrected chi connectivity index (χ3v) is 12.7. The molecule has 4 atom stereocenters. The smallest absolute Gasteiger partial charge is 0.178 e. The van der Waals surface area contributed by atoms with E-state index in [2.05, 4.69) is 133 Å². The largest absolute Gasteiger partial charge is 0.472 e. The van der Waals surface area contributed by atoms with Crippen molar-refractivity contribution in [1.29, 1.82) is 0 Å². The van der Waals surface area contributed by atoms with Gasteiger partial charge in [-0.05, 0) is 108 Å². The highest BCUT2D eigenvalue weighted by atomic mass is 16.5. The average Bonchev–Trinajstić information content (AvgIpc) is 3.85. The van der Waals surface area contributed by atoms with Gasteiger partial charge < -0.3 is 14.5 Å². The molecule has 2 aliphatic heterocycles. The van der Waals surface area contributed by atoms with Crippen LogP contribution in [0.3, 0.4) is 0 Å². The summed E-state index contributed by atoms with van der Waals surface area (Å²) in [6.07, 6.45) is 14.0. The Kier molecular flexibility index (Phi) is 6.23. The van der Waals surface area contributed by atoms with Crippen molar-refractivity contribution in [3.8, 4) is 16.9 Å². The van der Waals surface area contributed by atoms with Crippen LogP contribution in [0.2, 0.25) is 0 Å². The molecule has 3 heteroatoms. The van der Waals surface area contributed by atoms with Crippen molar-refractivity contribution in [1.82, 2.24) is 0 Å². The second kappa shape index (κ2) is 10.5. The summed E-state index contributed by atoms with van der Waals surface area (Å²) < 4.78 is 7.71. The molecule has 2 saturated carbocycles. The molecule has 10 rings (SSSR count). The van der Waals surface area contributed by atoms with Crippen LogP contribution >= 0.6 is 0 Å². The molecule has 240 valence electrons. The van der Waals surface area contributed by atoms with Crippen LogP contribution in [0.1, 0.15) is 72.8 Å². The first-order valence-corrected chi connectivity index (χ1v) is 18.3. The van der Waals surface area contributed by atoms with Gasteiger partial charge in [0.05, 0.1) is 0 Å². The minimum Gasteiger partial charge on any atom is -0.472 e. The zero-order valence-corrected chi connectivity index (χ0v) is 28.2. The standard InChI is InChI=1S/C45H44N2O/c1-46(2)35-21-22-36-39(28-35)43-38(42-41(36)37-13-7-8-14-40(37)44(42)29-30-15-16-33(44)27-30)23-24-45(48-43,31-11-5-3-6-12-31)32-17-19-34(20-18-32)47-25-9-4-10-26-47/h3,5-8,11-14,17-24,28,30,33H,4,9-10,15-16,25-27,29H2,1-2H3. The summed E-state index contributed by atoms with van der Waals surface area (Å²) in [6.45, 7) is 2.29. The van der Waals surface area contributed by atoms with E-state index in [4.69, 9.17) is 4.74 Å².